The van der Waals surface area contributed by atoms with Crippen molar-refractivity contribution in [2.45, 2.75) is 45.6 Å². The lowest BCUT2D eigenvalue weighted by Gasteiger charge is -2.31. The molecule has 0 atom stereocenters. The van der Waals surface area contributed by atoms with Gasteiger partial charge in [0.2, 0.25) is 0 Å². The number of amides is 2. The fourth-order valence-electron chi connectivity index (χ4n) is 2.27. The molecule has 0 aromatic rings. The van der Waals surface area contributed by atoms with E-state index in [4.69, 9.17) is 0 Å². The second-order valence-electron chi connectivity index (χ2n) is 5.01. The van der Waals surface area contributed by atoms with Gasteiger partial charge in [-0.05, 0) is 45.8 Å². The summed E-state index contributed by atoms with van der Waals surface area (Å²) in [5.41, 5.74) is 0. The largest absolute Gasteiger partial charge is 0.335 e. The van der Waals surface area contributed by atoms with Gasteiger partial charge in [-0.3, -0.25) is 0 Å². The Labute approximate surface area is 105 Å². The zero-order chi connectivity index (χ0) is 12.7. The van der Waals surface area contributed by atoms with Crippen molar-refractivity contribution in [2.75, 3.05) is 33.2 Å². The summed E-state index contributed by atoms with van der Waals surface area (Å²) in [6.07, 6.45) is 4.21. The molecule has 4 heteroatoms. The summed E-state index contributed by atoms with van der Waals surface area (Å²) in [4.78, 5) is 16.3. The molecule has 0 spiro atoms. The minimum Gasteiger partial charge on any atom is -0.335 e. The van der Waals surface area contributed by atoms with Gasteiger partial charge in [-0.2, -0.15) is 0 Å². The van der Waals surface area contributed by atoms with Gasteiger partial charge in [0.15, 0.2) is 0 Å². The van der Waals surface area contributed by atoms with Crippen LogP contribution in [-0.4, -0.2) is 55.1 Å². The van der Waals surface area contributed by atoms with E-state index < -0.39 is 0 Å². The van der Waals surface area contributed by atoms with Crippen LogP contribution in [0, 0.1) is 0 Å². The number of rotatable bonds is 5. The molecule has 0 radical (unpaired) electrons. The molecular formula is C13H27N3O. The van der Waals surface area contributed by atoms with Crippen LogP contribution in [0.1, 0.15) is 39.5 Å². The maximum atomic E-state index is 12.1. The summed E-state index contributed by atoms with van der Waals surface area (Å²) in [5, 5.41) is 3.17. The summed E-state index contributed by atoms with van der Waals surface area (Å²) >= 11 is 0. The smallest absolute Gasteiger partial charge is 0.317 e. The van der Waals surface area contributed by atoms with Crippen LogP contribution in [0.15, 0.2) is 0 Å². The second-order valence-corrected chi connectivity index (χ2v) is 5.01. The zero-order valence-corrected chi connectivity index (χ0v) is 11.5. The van der Waals surface area contributed by atoms with E-state index in [1.54, 1.807) is 0 Å². The Bertz CT molecular complexity index is 219. The van der Waals surface area contributed by atoms with Crippen molar-refractivity contribution in [3.63, 3.8) is 0 Å². The fraction of sp³-hybridized carbons (Fsp3) is 0.923. The lowest BCUT2D eigenvalue weighted by molar-refractivity contribution is 0.181. The normalized spacial score (nSPS) is 18.1. The summed E-state index contributed by atoms with van der Waals surface area (Å²) in [5.74, 6) is 0. The molecule has 1 rings (SSSR count). The molecule has 4 nitrogen and oxygen atoms in total. The molecule has 0 unspecified atom stereocenters. The van der Waals surface area contributed by atoms with Crippen LogP contribution in [0.5, 0.6) is 0 Å². The van der Waals surface area contributed by atoms with Crippen molar-refractivity contribution < 1.29 is 4.79 Å². The van der Waals surface area contributed by atoms with Gasteiger partial charge < -0.3 is 15.1 Å². The first-order valence-electron chi connectivity index (χ1n) is 6.91. The number of carbonyl (C=O) groups excluding carboxylic acids is 1. The van der Waals surface area contributed by atoms with E-state index in [1.165, 1.54) is 0 Å². The van der Waals surface area contributed by atoms with E-state index in [2.05, 4.69) is 31.1 Å². The maximum absolute atomic E-state index is 12.1. The number of urea groups is 1. The highest BCUT2D eigenvalue weighted by molar-refractivity contribution is 5.74. The van der Waals surface area contributed by atoms with Crippen molar-refractivity contribution in [2.24, 2.45) is 0 Å². The van der Waals surface area contributed by atoms with Gasteiger partial charge in [-0.15, -0.1) is 0 Å². The zero-order valence-electron chi connectivity index (χ0n) is 11.5. The molecule has 1 fully saturated rings. The minimum atomic E-state index is 0.128. The van der Waals surface area contributed by atoms with Crippen molar-refractivity contribution >= 4 is 6.03 Å². The van der Waals surface area contributed by atoms with Crippen LogP contribution in [0.25, 0.3) is 0 Å². The fourth-order valence-corrected chi connectivity index (χ4v) is 2.27. The molecule has 1 N–H and O–H groups in total. The quantitative estimate of drug-likeness (QED) is 0.798. The Morgan fingerprint density at radius 1 is 1.24 bits per heavy atom. The summed E-state index contributed by atoms with van der Waals surface area (Å²) in [6.45, 7) is 8.15. The van der Waals surface area contributed by atoms with E-state index in [0.717, 1.165) is 51.9 Å². The van der Waals surface area contributed by atoms with E-state index in [0.29, 0.717) is 6.04 Å². The molecule has 0 saturated carbocycles. The SMILES string of the molecule is CCCN(CCC)C(=O)NC1CCN(C)CC1. The van der Waals surface area contributed by atoms with Gasteiger partial charge in [-0.25, -0.2) is 4.79 Å². The van der Waals surface area contributed by atoms with Gasteiger partial charge in [0.25, 0.3) is 0 Å². The van der Waals surface area contributed by atoms with Crippen LogP contribution in [0.2, 0.25) is 0 Å². The molecule has 0 bridgehead atoms. The average Bonchev–Trinajstić information content (AvgIpc) is 2.32. The maximum Gasteiger partial charge on any atom is 0.317 e. The van der Waals surface area contributed by atoms with Crippen molar-refractivity contribution in [3.8, 4) is 0 Å². The Morgan fingerprint density at radius 3 is 2.24 bits per heavy atom. The standard InChI is InChI=1S/C13H27N3O/c1-4-8-16(9-5-2)13(17)14-12-6-10-15(3)11-7-12/h12H,4-11H2,1-3H3,(H,14,17). The molecule has 1 aliphatic rings. The lowest BCUT2D eigenvalue weighted by atomic mass is 10.1. The van der Waals surface area contributed by atoms with Gasteiger partial charge >= 0.3 is 6.03 Å². The second kappa shape index (κ2) is 7.54. The predicted octanol–water partition coefficient (Wildman–Crippen LogP) is 1.91. The van der Waals surface area contributed by atoms with Crippen molar-refractivity contribution in [1.29, 1.82) is 0 Å². The monoisotopic (exact) mass is 241 g/mol. The number of likely N-dealkylation sites (tertiary alicyclic amines) is 1. The Hall–Kier alpha value is -0.770. The van der Waals surface area contributed by atoms with Crippen LogP contribution in [-0.2, 0) is 0 Å². The summed E-state index contributed by atoms with van der Waals surface area (Å²) in [6, 6.07) is 0.498. The Balaban J connectivity index is 2.35. The van der Waals surface area contributed by atoms with Gasteiger partial charge in [0, 0.05) is 19.1 Å². The third-order valence-corrected chi connectivity index (χ3v) is 3.32. The van der Waals surface area contributed by atoms with Crippen molar-refractivity contribution in [1.82, 2.24) is 15.1 Å². The van der Waals surface area contributed by atoms with E-state index >= 15 is 0 Å². The molecule has 1 saturated heterocycles. The molecule has 2 amide bonds. The lowest BCUT2D eigenvalue weighted by Crippen LogP contribution is -2.49. The number of hydrogen-bond acceptors (Lipinski definition) is 2. The van der Waals surface area contributed by atoms with Crippen LogP contribution < -0.4 is 5.32 Å². The minimum absolute atomic E-state index is 0.128. The first-order valence-corrected chi connectivity index (χ1v) is 6.91. The highest BCUT2D eigenvalue weighted by atomic mass is 16.2. The van der Waals surface area contributed by atoms with E-state index in [-0.39, 0.29) is 6.03 Å². The summed E-state index contributed by atoms with van der Waals surface area (Å²) in [7, 11) is 2.14. The number of hydrogen-bond donors (Lipinski definition) is 1. The number of nitrogens with one attached hydrogen (secondary N) is 1. The number of piperidine rings is 1. The van der Waals surface area contributed by atoms with Crippen LogP contribution in [0.4, 0.5) is 4.79 Å². The molecule has 0 aromatic carbocycles. The predicted molar refractivity (Wildman–Crippen MR) is 71.2 cm³/mol. The highest BCUT2D eigenvalue weighted by Gasteiger charge is 2.20. The Morgan fingerprint density at radius 2 is 1.76 bits per heavy atom. The van der Waals surface area contributed by atoms with Crippen molar-refractivity contribution in [3.05, 3.63) is 0 Å². The van der Waals surface area contributed by atoms with E-state index in [9.17, 15) is 4.79 Å². The first kappa shape index (κ1) is 14.3. The van der Waals surface area contributed by atoms with Crippen LogP contribution in [0.3, 0.4) is 0 Å². The van der Waals surface area contributed by atoms with Gasteiger partial charge in [-0.1, -0.05) is 13.8 Å². The molecule has 0 aromatic heterocycles. The molecule has 0 aliphatic carbocycles. The first-order chi connectivity index (χ1) is 8.17. The summed E-state index contributed by atoms with van der Waals surface area (Å²) < 4.78 is 0. The third kappa shape index (κ3) is 4.94. The molecule has 1 aliphatic heterocycles. The Kier molecular flexibility index (Phi) is 6.34. The average molecular weight is 241 g/mol. The topological polar surface area (TPSA) is 35.6 Å². The molecule has 1 heterocycles. The molecule has 17 heavy (non-hydrogen) atoms. The van der Waals surface area contributed by atoms with Gasteiger partial charge in [0.1, 0.15) is 0 Å². The molecule has 100 valence electrons. The van der Waals surface area contributed by atoms with Gasteiger partial charge in [0.05, 0.1) is 0 Å². The third-order valence-electron chi connectivity index (χ3n) is 3.32. The van der Waals surface area contributed by atoms with E-state index in [1.807, 2.05) is 4.90 Å². The highest BCUT2D eigenvalue weighted by Crippen LogP contribution is 2.09. The number of nitrogens with zero attached hydrogens (tertiary/aromatic N) is 2. The molecular weight excluding hydrogens is 214 g/mol. The van der Waals surface area contributed by atoms with Crippen LogP contribution >= 0.6 is 0 Å². The number of carbonyl (C=O) groups is 1.